The van der Waals surface area contributed by atoms with E-state index < -0.39 is 0 Å². The second-order valence-corrected chi connectivity index (χ2v) is 6.67. The van der Waals surface area contributed by atoms with Crippen LogP contribution in [0, 0.1) is 13.8 Å². The van der Waals surface area contributed by atoms with Crippen molar-refractivity contribution in [2.24, 2.45) is 7.05 Å². The summed E-state index contributed by atoms with van der Waals surface area (Å²) in [4.78, 5) is 9.33. The number of aromatic nitrogens is 4. The van der Waals surface area contributed by atoms with Gasteiger partial charge in [-0.15, -0.1) is 0 Å². The summed E-state index contributed by atoms with van der Waals surface area (Å²) in [5.74, 6) is 1.88. The van der Waals surface area contributed by atoms with Crippen molar-refractivity contribution in [2.45, 2.75) is 13.8 Å². The summed E-state index contributed by atoms with van der Waals surface area (Å²) in [7, 11) is 3.50. The number of para-hydroxylation sites is 2. The molecule has 2 aromatic heterocycles. The molecule has 0 bridgehead atoms. The summed E-state index contributed by atoms with van der Waals surface area (Å²) in [6.07, 6.45) is 1.77. The summed E-state index contributed by atoms with van der Waals surface area (Å²) < 4.78 is 7.15. The highest BCUT2D eigenvalue weighted by atomic mass is 16.5. The van der Waals surface area contributed by atoms with Crippen LogP contribution in [0.25, 0.3) is 11.0 Å². The number of fused-ring (bicyclic) bond motifs is 1. The predicted octanol–water partition coefficient (Wildman–Crippen LogP) is 4.48. The number of methoxy groups -OCH3 is 1. The van der Waals surface area contributed by atoms with Gasteiger partial charge < -0.3 is 15.4 Å². The highest BCUT2D eigenvalue weighted by molar-refractivity contribution is 5.90. The third kappa shape index (κ3) is 3.34. The van der Waals surface area contributed by atoms with Crippen LogP contribution in [0.5, 0.6) is 5.75 Å². The smallest absolute Gasteiger partial charge is 0.231 e. The van der Waals surface area contributed by atoms with Gasteiger partial charge in [0.2, 0.25) is 5.95 Å². The van der Waals surface area contributed by atoms with E-state index in [4.69, 9.17) is 9.72 Å². The lowest BCUT2D eigenvalue weighted by atomic mass is 10.1. The zero-order valence-corrected chi connectivity index (χ0v) is 16.3. The molecule has 0 unspecified atom stereocenters. The Morgan fingerprint density at radius 1 is 0.964 bits per heavy atom. The van der Waals surface area contributed by atoms with Crippen LogP contribution in [-0.4, -0.2) is 26.9 Å². The lowest BCUT2D eigenvalue weighted by molar-refractivity contribution is 0.417. The molecule has 2 heterocycles. The Balaban J connectivity index is 1.77. The number of benzene rings is 2. The van der Waals surface area contributed by atoms with Crippen molar-refractivity contribution >= 4 is 34.2 Å². The summed E-state index contributed by atoms with van der Waals surface area (Å²) in [5.41, 5.74) is 4.90. The fourth-order valence-electron chi connectivity index (χ4n) is 3.12. The fraction of sp³-hybridized carbons (Fsp3) is 0.190. The molecular weight excluding hydrogens is 352 g/mol. The second-order valence-electron chi connectivity index (χ2n) is 6.67. The molecule has 0 aliphatic heterocycles. The van der Waals surface area contributed by atoms with Gasteiger partial charge in [0.25, 0.3) is 0 Å². The van der Waals surface area contributed by atoms with E-state index in [0.717, 1.165) is 33.7 Å². The van der Waals surface area contributed by atoms with E-state index in [1.54, 1.807) is 18.0 Å². The molecule has 7 heteroatoms. The van der Waals surface area contributed by atoms with Crippen LogP contribution in [0.2, 0.25) is 0 Å². The average molecular weight is 374 g/mol. The highest BCUT2D eigenvalue weighted by Crippen LogP contribution is 2.30. The number of ether oxygens (including phenoxy) is 1. The molecule has 0 spiro atoms. The molecule has 0 saturated heterocycles. The molecule has 0 radical (unpaired) electrons. The molecule has 0 fully saturated rings. The van der Waals surface area contributed by atoms with Crippen molar-refractivity contribution in [3.63, 3.8) is 0 Å². The maximum Gasteiger partial charge on any atom is 0.231 e. The Morgan fingerprint density at radius 3 is 2.57 bits per heavy atom. The summed E-state index contributed by atoms with van der Waals surface area (Å²) in [5, 5.41) is 11.9. The molecule has 0 saturated carbocycles. The molecule has 142 valence electrons. The molecule has 0 aliphatic carbocycles. The SMILES string of the molecule is COc1ccccc1Nc1nc(Nc2ccc(C)cc2C)c2cnn(C)c2n1. The van der Waals surface area contributed by atoms with Gasteiger partial charge in [-0.05, 0) is 37.6 Å². The second kappa shape index (κ2) is 7.19. The largest absolute Gasteiger partial charge is 0.495 e. The minimum atomic E-state index is 0.466. The lowest BCUT2D eigenvalue weighted by Crippen LogP contribution is -2.04. The van der Waals surface area contributed by atoms with Gasteiger partial charge in [-0.25, -0.2) is 0 Å². The van der Waals surface area contributed by atoms with Crippen molar-refractivity contribution in [2.75, 3.05) is 17.7 Å². The normalized spacial score (nSPS) is 10.9. The Morgan fingerprint density at radius 2 is 1.79 bits per heavy atom. The minimum absolute atomic E-state index is 0.466. The summed E-state index contributed by atoms with van der Waals surface area (Å²) in [6, 6.07) is 13.9. The van der Waals surface area contributed by atoms with Crippen molar-refractivity contribution in [1.29, 1.82) is 0 Å². The number of nitrogens with one attached hydrogen (secondary N) is 2. The van der Waals surface area contributed by atoms with Crippen molar-refractivity contribution in [1.82, 2.24) is 19.7 Å². The number of anilines is 4. The van der Waals surface area contributed by atoms with Gasteiger partial charge in [-0.1, -0.05) is 29.8 Å². The first-order valence-corrected chi connectivity index (χ1v) is 8.99. The van der Waals surface area contributed by atoms with Gasteiger partial charge in [0, 0.05) is 12.7 Å². The van der Waals surface area contributed by atoms with Crippen molar-refractivity contribution in [3.05, 3.63) is 59.8 Å². The van der Waals surface area contributed by atoms with E-state index in [0.29, 0.717) is 11.8 Å². The van der Waals surface area contributed by atoms with Crippen LogP contribution < -0.4 is 15.4 Å². The minimum Gasteiger partial charge on any atom is -0.495 e. The van der Waals surface area contributed by atoms with Crippen LogP contribution >= 0.6 is 0 Å². The Labute approximate surface area is 163 Å². The van der Waals surface area contributed by atoms with E-state index in [2.05, 4.69) is 52.8 Å². The quantitative estimate of drug-likeness (QED) is 0.536. The van der Waals surface area contributed by atoms with Gasteiger partial charge in [0.15, 0.2) is 5.65 Å². The standard InChI is InChI=1S/C21H22N6O/c1-13-9-10-16(14(2)11-13)23-19-15-12-22-27(3)20(15)26-21(25-19)24-17-7-5-6-8-18(17)28-4/h5-12H,1-4H3,(H2,23,24,25,26). The number of rotatable bonds is 5. The molecule has 0 amide bonds. The summed E-state index contributed by atoms with van der Waals surface area (Å²) in [6.45, 7) is 4.15. The maximum absolute atomic E-state index is 5.42. The van der Waals surface area contributed by atoms with Crippen molar-refractivity contribution < 1.29 is 4.74 Å². The van der Waals surface area contributed by atoms with Crippen LogP contribution in [0.15, 0.2) is 48.7 Å². The topological polar surface area (TPSA) is 76.9 Å². The molecule has 7 nitrogen and oxygen atoms in total. The molecule has 2 aromatic carbocycles. The van der Waals surface area contributed by atoms with Gasteiger partial charge in [0.05, 0.1) is 24.4 Å². The number of hydrogen-bond acceptors (Lipinski definition) is 6. The zero-order chi connectivity index (χ0) is 19.7. The number of nitrogens with zero attached hydrogens (tertiary/aromatic N) is 4. The van der Waals surface area contributed by atoms with E-state index in [1.165, 1.54) is 5.56 Å². The van der Waals surface area contributed by atoms with Crippen LogP contribution in [0.3, 0.4) is 0 Å². The van der Waals surface area contributed by atoms with E-state index in [1.807, 2.05) is 31.3 Å². The van der Waals surface area contributed by atoms with Gasteiger partial charge in [-0.2, -0.15) is 15.1 Å². The highest BCUT2D eigenvalue weighted by Gasteiger charge is 2.14. The van der Waals surface area contributed by atoms with Crippen LogP contribution in [-0.2, 0) is 7.05 Å². The Bertz CT molecular complexity index is 1150. The van der Waals surface area contributed by atoms with E-state index in [9.17, 15) is 0 Å². The molecule has 2 N–H and O–H groups in total. The molecule has 28 heavy (non-hydrogen) atoms. The van der Waals surface area contributed by atoms with Crippen LogP contribution in [0.1, 0.15) is 11.1 Å². The molecule has 4 rings (SSSR count). The van der Waals surface area contributed by atoms with Crippen LogP contribution in [0.4, 0.5) is 23.1 Å². The molecule has 0 aliphatic rings. The Hall–Kier alpha value is -3.61. The van der Waals surface area contributed by atoms with Crippen molar-refractivity contribution in [3.8, 4) is 5.75 Å². The third-order valence-electron chi connectivity index (χ3n) is 4.58. The number of hydrogen-bond donors (Lipinski definition) is 2. The lowest BCUT2D eigenvalue weighted by Gasteiger charge is -2.13. The summed E-state index contributed by atoms with van der Waals surface area (Å²) >= 11 is 0. The first-order chi connectivity index (χ1) is 13.5. The first-order valence-electron chi connectivity index (χ1n) is 8.99. The van der Waals surface area contributed by atoms with Gasteiger partial charge >= 0.3 is 0 Å². The average Bonchev–Trinajstić information content (AvgIpc) is 3.06. The van der Waals surface area contributed by atoms with Gasteiger partial charge in [0.1, 0.15) is 11.6 Å². The Kier molecular flexibility index (Phi) is 4.57. The maximum atomic E-state index is 5.42. The van der Waals surface area contributed by atoms with E-state index >= 15 is 0 Å². The molecule has 4 aromatic rings. The predicted molar refractivity (Wildman–Crippen MR) is 112 cm³/mol. The number of aryl methyl sites for hydroxylation is 3. The van der Waals surface area contributed by atoms with Gasteiger partial charge in [-0.3, -0.25) is 4.68 Å². The monoisotopic (exact) mass is 374 g/mol. The third-order valence-corrected chi connectivity index (χ3v) is 4.58. The first kappa shape index (κ1) is 17.8. The fourth-order valence-corrected chi connectivity index (χ4v) is 3.12. The molecule has 0 atom stereocenters. The zero-order valence-electron chi connectivity index (χ0n) is 16.3. The molecular formula is C21H22N6O. The van der Waals surface area contributed by atoms with E-state index in [-0.39, 0.29) is 0 Å².